The summed E-state index contributed by atoms with van der Waals surface area (Å²) in [5.41, 5.74) is 2.76. The van der Waals surface area contributed by atoms with E-state index in [1.165, 1.54) is 13.2 Å². The molecule has 0 spiro atoms. The fourth-order valence-corrected chi connectivity index (χ4v) is 2.87. The fourth-order valence-electron chi connectivity index (χ4n) is 2.13. The van der Waals surface area contributed by atoms with Crippen molar-refractivity contribution in [1.82, 2.24) is 0 Å². The lowest BCUT2D eigenvalue weighted by Crippen LogP contribution is -1.95. The number of halogens is 3. The average molecular weight is 299 g/mol. The zero-order valence-electron chi connectivity index (χ0n) is 10.9. The van der Waals surface area contributed by atoms with Crippen LogP contribution >= 0.6 is 23.2 Å². The molecule has 0 saturated heterocycles. The van der Waals surface area contributed by atoms with Gasteiger partial charge in [0.2, 0.25) is 0 Å². The van der Waals surface area contributed by atoms with Gasteiger partial charge >= 0.3 is 0 Å². The lowest BCUT2D eigenvalue weighted by molar-refractivity contribution is 0.412. The molecule has 4 heteroatoms. The molecular formula is C15H13Cl2FO. The van der Waals surface area contributed by atoms with E-state index in [4.69, 9.17) is 27.9 Å². The molecule has 0 heterocycles. The van der Waals surface area contributed by atoms with Crippen LogP contribution in [0.1, 0.15) is 11.1 Å². The maximum absolute atomic E-state index is 14.0. The first-order valence-electron chi connectivity index (χ1n) is 5.74. The first-order valence-corrected chi connectivity index (χ1v) is 6.50. The second-order valence-corrected chi connectivity index (χ2v) is 5.17. The largest absolute Gasteiger partial charge is 0.495 e. The van der Waals surface area contributed by atoms with Gasteiger partial charge in [0.15, 0.2) is 0 Å². The Morgan fingerprint density at radius 3 is 2.37 bits per heavy atom. The fraction of sp³-hybridized carbons (Fsp3) is 0.200. The van der Waals surface area contributed by atoms with Crippen LogP contribution in [0.2, 0.25) is 10.0 Å². The lowest BCUT2D eigenvalue weighted by atomic mass is 9.97. The molecule has 2 aromatic carbocycles. The van der Waals surface area contributed by atoms with Crippen LogP contribution in [0.4, 0.5) is 4.39 Å². The third-order valence-corrected chi connectivity index (χ3v) is 3.60. The average Bonchev–Trinajstić information content (AvgIpc) is 2.33. The van der Waals surface area contributed by atoms with Crippen molar-refractivity contribution >= 4 is 23.2 Å². The molecule has 2 aromatic rings. The molecule has 0 bridgehead atoms. The molecule has 0 aliphatic rings. The van der Waals surface area contributed by atoms with Crippen molar-refractivity contribution in [2.24, 2.45) is 0 Å². The Balaban J connectivity index is 2.78. The minimum Gasteiger partial charge on any atom is -0.495 e. The Morgan fingerprint density at radius 2 is 1.74 bits per heavy atom. The molecule has 0 aliphatic carbocycles. The van der Waals surface area contributed by atoms with Crippen molar-refractivity contribution in [3.63, 3.8) is 0 Å². The van der Waals surface area contributed by atoms with Crippen molar-refractivity contribution in [3.8, 4) is 16.9 Å². The second-order valence-electron chi connectivity index (χ2n) is 4.36. The Hall–Kier alpha value is -1.25. The van der Waals surface area contributed by atoms with Gasteiger partial charge < -0.3 is 4.74 Å². The molecule has 0 atom stereocenters. The van der Waals surface area contributed by atoms with Crippen molar-refractivity contribution in [2.45, 2.75) is 13.8 Å². The minimum atomic E-state index is -0.319. The van der Waals surface area contributed by atoms with E-state index in [1.54, 1.807) is 18.2 Å². The number of rotatable bonds is 2. The van der Waals surface area contributed by atoms with E-state index >= 15 is 0 Å². The van der Waals surface area contributed by atoms with E-state index in [0.29, 0.717) is 26.9 Å². The van der Waals surface area contributed by atoms with Crippen LogP contribution in [0.15, 0.2) is 24.3 Å². The van der Waals surface area contributed by atoms with Crippen LogP contribution in [-0.4, -0.2) is 7.11 Å². The first-order chi connectivity index (χ1) is 8.95. The molecule has 100 valence electrons. The first kappa shape index (κ1) is 14.2. The third-order valence-electron chi connectivity index (χ3n) is 3.02. The van der Waals surface area contributed by atoms with Crippen LogP contribution in [0.3, 0.4) is 0 Å². The zero-order valence-corrected chi connectivity index (χ0v) is 12.4. The molecule has 0 fully saturated rings. The molecule has 19 heavy (non-hydrogen) atoms. The summed E-state index contributed by atoms with van der Waals surface area (Å²) in [5.74, 6) is 0.196. The van der Waals surface area contributed by atoms with Gasteiger partial charge in [0.25, 0.3) is 0 Å². The lowest BCUT2D eigenvalue weighted by Gasteiger charge is -2.15. The SMILES string of the molecule is COc1c(Cl)cc(Cl)c(-c2cc(C)ccc2F)c1C. The highest BCUT2D eigenvalue weighted by Crippen LogP contribution is 2.42. The van der Waals surface area contributed by atoms with Gasteiger partial charge in [0.1, 0.15) is 11.6 Å². The summed E-state index contributed by atoms with van der Waals surface area (Å²) in [7, 11) is 1.53. The van der Waals surface area contributed by atoms with E-state index < -0.39 is 0 Å². The number of methoxy groups -OCH3 is 1. The van der Waals surface area contributed by atoms with Gasteiger partial charge in [-0.1, -0.05) is 34.8 Å². The van der Waals surface area contributed by atoms with Gasteiger partial charge in [-0.25, -0.2) is 4.39 Å². The van der Waals surface area contributed by atoms with Gasteiger partial charge in [-0.2, -0.15) is 0 Å². The van der Waals surface area contributed by atoms with Crippen molar-refractivity contribution in [2.75, 3.05) is 7.11 Å². The normalized spacial score (nSPS) is 10.6. The zero-order chi connectivity index (χ0) is 14.2. The highest BCUT2D eigenvalue weighted by Gasteiger charge is 2.18. The quantitative estimate of drug-likeness (QED) is 0.719. The molecule has 1 nitrogen and oxygen atoms in total. The van der Waals surface area contributed by atoms with Crippen LogP contribution in [-0.2, 0) is 0 Å². The van der Waals surface area contributed by atoms with E-state index in [-0.39, 0.29) is 5.82 Å². The summed E-state index contributed by atoms with van der Waals surface area (Å²) in [5, 5.41) is 0.828. The van der Waals surface area contributed by atoms with Crippen molar-refractivity contribution in [1.29, 1.82) is 0 Å². The predicted molar refractivity (Wildman–Crippen MR) is 77.9 cm³/mol. The summed E-state index contributed by atoms with van der Waals surface area (Å²) in [6.45, 7) is 3.72. The number of hydrogen-bond acceptors (Lipinski definition) is 1. The molecule has 0 aliphatic heterocycles. The summed E-state index contributed by atoms with van der Waals surface area (Å²) in [4.78, 5) is 0. The number of aryl methyl sites for hydroxylation is 1. The molecular weight excluding hydrogens is 286 g/mol. The minimum absolute atomic E-state index is 0.319. The maximum Gasteiger partial charge on any atom is 0.141 e. The van der Waals surface area contributed by atoms with Crippen LogP contribution < -0.4 is 4.74 Å². The third kappa shape index (κ3) is 2.56. The Kier molecular flexibility index (Phi) is 4.02. The van der Waals surface area contributed by atoms with E-state index in [1.807, 2.05) is 13.8 Å². The summed E-state index contributed by atoms with van der Waals surface area (Å²) < 4.78 is 19.3. The topological polar surface area (TPSA) is 9.23 Å². The molecule has 2 rings (SSSR count). The molecule has 0 amide bonds. The summed E-state index contributed by atoms with van der Waals surface area (Å²) in [6, 6.07) is 6.49. The van der Waals surface area contributed by atoms with E-state index in [2.05, 4.69) is 0 Å². The standard InChI is InChI=1S/C15H13Cl2FO/c1-8-4-5-13(18)10(6-8)14-9(2)15(19-3)12(17)7-11(14)16/h4-7H,1-3H3. The van der Waals surface area contributed by atoms with Crippen LogP contribution in [0.5, 0.6) is 5.75 Å². The predicted octanol–water partition coefficient (Wildman–Crippen LogP) is 5.42. The van der Waals surface area contributed by atoms with Crippen LogP contribution in [0.25, 0.3) is 11.1 Å². The Labute approximate surface area is 121 Å². The molecule has 0 N–H and O–H groups in total. The van der Waals surface area contributed by atoms with Gasteiger partial charge in [-0.3, -0.25) is 0 Å². The monoisotopic (exact) mass is 298 g/mol. The molecule has 0 aromatic heterocycles. The summed E-state index contributed by atoms with van der Waals surface area (Å²) >= 11 is 12.3. The summed E-state index contributed by atoms with van der Waals surface area (Å²) in [6.07, 6.45) is 0. The smallest absolute Gasteiger partial charge is 0.141 e. The van der Waals surface area contributed by atoms with Gasteiger partial charge in [-0.05, 0) is 32.0 Å². The van der Waals surface area contributed by atoms with E-state index in [9.17, 15) is 4.39 Å². The number of ether oxygens (including phenoxy) is 1. The highest BCUT2D eigenvalue weighted by molar-refractivity contribution is 6.37. The number of hydrogen-bond donors (Lipinski definition) is 0. The number of benzene rings is 2. The van der Waals surface area contributed by atoms with Crippen molar-refractivity contribution < 1.29 is 9.13 Å². The van der Waals surface area contributed by atoms with Crippen molar-refractivity contribution in [3.05, 3.63) is 51.3 Å². The van der Waals surface area contributed by atoms with E-state index in [0.717, 1.165) is 11.1 Å². The van der Waals surface area contributed by atoms with Gasteiger partial charge in [-0.15, -0.1) is 0 Å². The second kappa shape index (κ2) is 5.40. The molecule has 0 saturated carbocycles. The highest BCUT2D eigenvalue weighted by atomic mass is 35.5. The van der Waals surface area contributed by atoms with Crippen LogP contribution in [0, 0.1) is 19.7 Å². The Morgan fingerprint density at radius 1 is 1.05 bits per heavy atom. The molecule has 0 radical (unpaired) electrons. The van der Waals surface area contributed by atoms with Gasteiger partial charge in [0.05, 0.1) is 17.2 Å². The maximum atomic E-state index is 14.0. The molecule has 0 unspecified atom stereocenters. The Bertz CT molecular complexity index is 639. The van der Waals surface area contributed by atoms with Gasteiger partial charge in [0, 0.05) is 16.7 Å².